The molecule has 2 unspecified atom stereocenters. The summed E-state index contributed by atoms with van der Waals surface area (Å²) in [5.74, 6) is -0.599. The van der Waals surface area contributed by atoms with E-state index in [1.165, 1.54) is 19.3 Å². The first kappa shape index (κ1) is 12.7. The summed E-state index contributed by atoms with van der Waals surface area (Å²) in [5.41, 5.74) is 0. The smallest absolute Gasteiger partial charge is 0.303 e. The molecule has 0 bridgehead atoms. The Morgan fingerprint density at radius 3 is 2.47 bits per heavy atom. The largest absolute Gasteiger partial charge is 0.481 e. The molecule has 2 atom stereocenters. The van der Waals surface area contributed by atoms with Gasteiger partial charge in [-0.3, -0.25) is 4.79 Å². The average molecular weight is 204 g/mol. The van der Waals surface area contributed by atoms with Crippen LogP contribution in [0.4, 0.5) is 0 Å². The SMILES string of the molecule is [B]C1([B])C(CCCCCC)C1CC(=O)O. The molecule has 1 fully saturated rings. The lowest BCUT2D eigenvalue weighted by Gasteiger charge is -2.02. The predicted molar refractivity (Wildman–Crippen MR) is 62.2 cm³/mol. The van der Waals surface area contributed by atoms with E-state index < -0.39 is 11.2 Å². The lowest BCUT2D eigenvalue weighted by Crippen LogP contribution is -2.00. The summed E-state index contributed by atoms with van der Waals surface area (Å²) in [6.07, 6.45) is 5.85. The van der Waals surface area contributed by atoms with E-state index in [1.54, 1.807) is 0 Å². The molecule has 1 aliphatic carbocycles. The number of rotatable bonds is 7. The van der Waals surface area contributed by atoms with Gasteiger partial charge in [0.15, 0.2) is 0 Å². The number of aliphatic carboxylic acids is 1. The maximum Gasteiger partial charge on any atom is 0.303 e. The third kappa shape index (κ3) is 3.29. The van der Waals surface area contributed by atoms with E-state index in [0.717, 1.165) is 12.8 Å². The molecule has 1 saturated carbocycles. The molecule has 2 nitrogen and oxygen atoms in total. The van der Waals surface area contributed by atoms with Gasteiger partial charge in [0.05, 0.1) is 15.7 Å². The van der Waals surface area contributed by atoms with Crippen molar-refractivity contribution < 1.29 is 9.90 Å². The molecule has 0 aliphatic heterocycles. The first-order valence-corrected chi connectivity index (χ1v) is 5.79. The summed E-state index contributed by atoms with van der Waals surface area (Å²) in [6, 6.07) is 0. The molecule has 0 saturated heterocycles. The van der Waals surface area contributed by atoms with Crippen molar-refractivity contribution in [2.45, 2.75) is 50.7 Å². The Balaban J connectivity index is 2.22. The number of carbonyl (C=O) groups is 1. The normalized spacial score (nSPS) is 27.5. The van der Waals surface area contributed by atoms with E-state index in [9.17, 15) is 4.79 Å². The molecule has 0 amide bonds. The van der Waals surface area contributed by atoms with Gasteiger partial charge in [-0.2, -0.15) is 0 Å². The Bertz CT molecular complexity index is 229. The highest BCUT2D eigenvalue weighted by molar-refractivity contribution is 6.43. The third-order valence-corrected chi connectivity index (χ3v) is 3.42. The van der Waals surface area contributed by atoms with Gasteiger partial charge in [-0.15, -0.1) is 0 Å². The molecule has 0 spiro atoms. The first-order chi connectivity index (χ1) is 7.00. The van der Waals surface area contributed by atoms with Gasteiger partial charge in [0.1, 0.15) is 0 Å². The predicted octanol–water partition coefficient (Wildman–Crippen LogP) is 2.13. The van der Waals surface area contributed by atoms with Gasteiger partial charge in [0.25, 0.3) is 0 Å². The maximum absolute atomic E-state index is 10.5. The zero-order valence-electron chi connectivity index (χ0n) is 9.41. The van der Waals surface area contributed by atoms with Crippen LogP contribution in [0.5, 0.6) is 0 Å². The fraction of sp³-hybridized carbons (Fsp3) is 0.909. The molecule has 0 aromatic carbocycles. The van der Waals surface area contributed by atoms with E-state index in [4.69, 9.17) is 20.8 Å². The monoisotopic (exact) mass is 204 g/mol. The Hall–Kier alpha value is -0.400. The minimum Gasteiger partial charge on any atom is -0.481 e. The second kappa shape index (κ2) is 5.09. The molecule has 1 rings (SSSR count). The number of carboxylic acids is 1. The van der Waals surface area contributed by atoms with Crippen molar-refractivity contribution >= 4 is 21.7 Å². The number of unbranched alkanes of at least 4 members (excludes halogenated alkanes) is 3. The van der Waals surface area contributed by atoms with Crippen LogP contribution in [-0.2, 0) is 4.79 Å². The van der Waals surface area contributed by atoms with Crippen molar-refractivity contribution in [3.05, 3.63) is 0 Å². The maximum atomic E-state index is 10.5. The van der Waals surface area contributed by atoms with Gasteiger partial charge in [0.2, 0.25) is 0 Å². The summed E-state index contributed by atoms with van der Waals surface area (Å²) >= 11 is 0. The summed E-state index contributed by atoms with van der Waals surface area (Å²) in [5, 5.41) is 7.95. The summed E-state index contributed by atoms with van der Waals surface area (Å²) in [6.45, 7) is 2.17. The molecule has 4 heteroatoms. The molecule has 0 aromatic heterocycles. The molecule has 0 aromatic rings. The number of hydrogen-bond donors (Lipinski definition) is 1. The van der Waals surface area contributed by atoms with Crippen molar-refractivity contribution in [2.24, 2.45) is 11.8 Å². The van der Waals surface area contributed by atoms with Gasteiger partial charge in [-0.1, -0.05) is 44.2 Å². The average Bonchev–Trinajstić information content (AvgIpc) is 2.62. The Morgan fingerprint density at radius 2 is 1.93 bits per heavy atom. The second-order valence-corrected chi connectivity index (χ2v) is 4.66. The molecule has 4 radical (unpaired) electrons. The Morgan fingerprint density at radius 1 is 1.27 bits per heavy atom. The van der Waals surface area contributed by atoms with E-state index in [1.807, 2.05) is 0 Å². The van der Waals surface area contributed by atoms with Gasteiger partial charge < -0.3 is 5.11 Å². The minimum atomic E-state index is -0.795. The lowest BCUT2D eigenvalue weighted by atomic mass is 9.63. The van der Waals surface area contributed by atoms with Crippen LogP contribution in [0.1, 0.15) is 45.4 Å². The van der Waals surface area contributed by atoms with E-state index in [0.29, 0.717) is 0 Å². The van der Waals surface area contributed by atoms with Crippen molar-refractivity contribution in [3.63, 3.8) is 0 Å². The molecular weight excluding hydrogens is 186 g/mol. The fourth-order valence-corrected chi connectivity index (χ4v) is 2.34. The first-order valence-electron chi connectivity index (χ1n) is 5.79. The fourth-order valence-electron chi connectivity index (χ4n) is 2.34. The number of carboxylic acid groups (broad SMARTS) is 1. The number of hydrogen-bond acceptors (Lipinski definition) is 1. The zero-order chi connectivity index (χ0) is 11.5. The summed E-state index contributed by atoms with van der Waals surface area (Å²) in [7, 11) is 11.7. The van der Waals surface area contributed by atoms with Crippen LogP contribution >= 0.6 is 0 Å². The zero-order valence-corrected chi connectivity index (χ0v) is 9.41. The summed E-state index contributed by atoms with van der Waals surface area (Å²) < 4.78 is 0. The van der Waals surface area contributed by atoms with Crippen molar-refractivity contribution in [2.75, 3.05) is 0 Å². The van der Waals surface area contributed by atoms with Gasteiger partial charge in [-0.05, 0) is 11.8 Å². The van der Waals surface area contributed by atoms with Crippen molar-refractivity contribution in [1.82, 2.24) is 0 Å². The van der Waals surface area contributed by atoms with E-state index >= 15 is 0 Å². The standard InChI is InChI=1S/C11H18B2O2/c1-2-3-4-5-6-8-9(7-10(14)15)11(8,12)13/h8-9H,2-7H2,1H3,(H,14,15). The van der Waals surface area contributed by atoms with Crippen LogP contribution in [0.2, 0.25) is 5.21 Å². The van der Waals surface area contributed by atoms with Crippen LogP contribution in [0.3, 0.4) is 0 Å². The molecular formula is C11H18B2O2. The van der Waals surface area contributed by atoms with Crippen molar-refractivity contribution in [3.8, 4) is 0 Å². The molecule has 80 valence electrons. The Kier molecular flexibility index (Phi) is 4.30. The summed E-state index contributed by atoms with van der Waals surface area (Å²) in [4.78, 5) is 10.5. The highest BCUT2D eigenvalue weighted by atomic mass is 16.4. The third-order valence-electron chi connectivity index (χ3n) is 3.42. The van der Waals surface area contributed by atoms with E-state index in [2.05, 4.69) is 6.92 Å². The van der Waals surface area contributed by atoms with Crippen LogP contribution in [0.15, 0.2) is 0 Å². The molecule has 1 N–H and O–H groups in total. The van der Waals surface area contributed by atoms with Crippen LogP contribution in [0, 0.1) is 11.8 Å². The highest BCUT2D eigenvalue weighted by Crippen LogP contribution is 2.64. The molecule has 1 aliphatic rings. The van der Waals surface area contributed by atoms with Crippen molar-refractivity contribution in [1.29, 1.82) is 0 Å². The Labute approximate surface area is 94.6 Å². The second-order valence-electron chi connectivity index (χ2n) is 4.66. The quantitative estimate of drug-likeness (QED) is 0.509. The van der Waals surface area contributed by atoms with Crippen LogP contribution in [-0.4, -0.2) is 26.8 Å². The van der Waals surface area contributed by atoms with Gasteiger partial charge in [-0.25, -0.2) is 0 Å². The topological polar surface area (TPSA) is 37.3 Å². The van der Waals surface area contributed by atoms with Crippen LogP contribution < -0.4 is 0 Å². The highest BCUT2D eigenvalue weighted by Gasteiger charge is 2.55. The molecule has 15 heavy (non-hydrogen) atoms. The minimum absolute atomic E-state index is 0.0170. The van der Waals surface area contributed by atoms with Gasteiger partial charge in [0, 0.05) is 6.42 Å². The molecule has 0 heterocycles. The van der Waals surface area contributed by atoms with E-state index in [-0.39, 0.29) is 18.3 Å². The van der Waals surface area contributed by atoms with Crippen LogP contribution in [0.25, 0.3) is 0 Å². The van der Waals surface area contributed by atoms with Gasteiger partial charge >= 0.3 is 5.97 Å². The lowest BCUT2D eigenvalue weighted by molar-refractivity contribution is -0.137.